The van der Waals surface area contributed by atoms with Gasteiger partial charge in [0.1, 0.15) is 22.9 Å². The summed E-state index contributed by atoms with van der Waals surface area (Å²) in [7, 11) is 1.62. The van der Waals surface area contributed by atoms with Gasteiger partial charge in [-0.1, -0.05) is 17.7 Å². The molecule has 2 fully saturated rings. The van der Waals surface area contributed by atoms with E-state index < -0.39 is 11.5 Å². The number of ether oxygens (including phenoxy) is 2. The van der Waals surface area contributed by atoms with Crippen LogP contribution in [-0.4, -0.2) is 47.9 Å². The number of amides is 1. The number of carbonyl (C=O) groups is 1. The minimum atomic E-state index is -0.765. The standard InChI is InChI=1S/C28H29ClN4O5/c1-15-3-4-22-20(11-15)31-27(38-22)16-5-8-33(9-6-16)25-18-12-19(29)23(37-17-7-10-36-14-17)13-21(18)32(2)28(35)24(25)26(30)34/h3-4,11-13,16-17H,5-10,14H2,1-2H3,(H2,30,34)/t17-/m1/s1. The number of piperidine rings is 1. The molecule has 0 aliphatic carbocycles. The lowest BCUT2D eigenvalue weighted by Gasteiger charge is -2.34. The van der Waals surface area contributed by atoms with E-state index in [1.807, 2.05) is 25.1 Å². The number of halogens is 1. The highest BCUT2D eigenvalue weighted by Gasteiger charge is 2.30. The third-order valence-electron chi connectivity index (χ3n) is 7.57. The molecular formula is C28H29ClN4O5. The molecule has 2 aliphatic rings. The first-order valence-electron chi connectivity index (χ1n) is 12.8. The third kappa shape index (κ3) is 4.29. The molecule has 6 rings (SSSR count). The van der Waals surface area contributed by atoms with Crippen molar-refractivity contribution in [1.82, 2.24) is 9.55 Å². The molecule has 0 spiro atoms. The number of nitrogens with two attached hydrogens (primary N) is 1. The molecule has 1 amide bonds. The number of pyridine rings is 1. The third-order valence-corrected chi connectivity index (χ3v) is 7.87. The first kappa shape index (κ1) is 24.8. The maximum absolute atomic E-state index is 13.4. The number of anilines is 1. The topological polar surface area (TPSA) is 113 Å². The van der Waals surface area contributed by atoms with Crippen LogP contribution >= 0.6 is 11.6 Å². The molecule has 2 aliphatic heterocycles. The number of aromatic nitrogens is 2. The van der Waals surface area contributed by atoms with Crippen molar-refractivity contribution in [2.75, 3.05) is 31.2 Å². The van der Waals surface area contributed by atoms with Gasteiger partial charge in [0.05, 0.1) is 29.4 Å². The van der Waals surface area contributed by atoms with Crippen molar-refractivity contribution in [3.63, 3.8) is 0 Å². The lowest BCUT2D eigenvalue weighted by molar-refractivity contribution is 0.0999. The molecule has 4 heterocycles. The van der Waals surface area contributed by atoms with Gasteiger partial charge in [-0.3, -0.25) is 9.59 Å². The fourth-order valence-electron chi connectivity index (χ4n) is 5.53. The Labute approximate surface area is 224 Å². The zero-order valence-corrected chi connectivity index (χ0v) is 22.1. The van der Waals surface area contributed by atoms with Gasteiger partial charge in [-0.25, -0.2) is 4.98 Å². The predicted octanol–water partition coefficient (Wildman–Crippen LogP) is 4.29. The highest BCUT2D eigenvalue weighted by molar-refractivity contribution is 6.33. The molecule has 38 heavy (non-hydrogen) atoms. The molecule has 0 unspecified atom stereocenters. The van der Waals surface area contributed by atoms with E-state index >= 15 is 0 Å². The molecule has 4 aromatic rings. The van der Waals surface area contributed by atoms with Gasteiger partial charge in [0.25, 0.3) is 11.5 Å². The van der Waals surface area contributed by atoms with Crippen LogP contribution in [0, 0.1) is 6.92 Å². The Hall–Kier alpha value is -3.56. The van der Waals surface area contributed by atoms with Crippen LogP contribution in [0.5, 0.6) is 5.75 Å². The number of oxazole rings is 1. The molecule has 2 N–H and O–H groups in total. The van der Waals surface area contributed by atoms with E-state index in [0.29, 0.717) is 53.7 Å². The van der Waals surface area contributed by atoms with E-state index in [1.165, 1.54) is 4.57 Å². The smallest absolute Gasteiger partial charge is 0.265 e. The molecule has 9 nitrogen and oxygen atoms in total. The van der Waals surface area contributed by atoms with Crippen molar-refractivity contribution in [1.29, 1.82) is 0 Å². The monoisotopic (exact) mass is 536 g/mol. The highest BCUT2D eigenvalue weighted by Crippen LogP contribution is 2.39. The summed E-state index contributed by atoms with van der Waals surface area (Å²) >= 11 is 6.66. The Bertz CT molecular complexity index is 1610. The summed E-state index contributed by atoms with van der Waals surface area (Å²) < 4.78 is 19.0. The van der Waals surface area contributed by atoms with Crippen LogP contribution in [-0.2, 0) is 11.8 Å². The number of hydrogen-bond acceptors (Lipinski definition) is 7. The van der Waals surface area contributed by atoms with Gasteiger partial charge < -0.3 is 29.1 Å². The number of aryl methyl sites for hydroxylation is 2. The van der Waals surface area contributed by atoms with Gasteiger partial charge in [-0.2, -0.15) is 0 Å². The van der Waals surface area contributed by atoms with Gasteiger partial charge in [-0.05, 0) is 43.5 Å². The maximum Gasteiger partial charge on any atom is 0.265 e. The number of fused-ring (bicyclic) bond motifs is 2. The molecular weight excluding hydrogens is 508 g/mol. The van der Waals surface area contributed by atoms with Crippen LogP contribution in [0.15, 0.2) is 39.5 Å². The van der Waals surface area contributed by atoms with E-state index in [0.717, 1.165) is 41.8 Å². The first-order chi connectivity index (χ1) is 18.3. The number of nitrogens with zero attached hydrogens (tertiary/aromatic N) is 3. The van der Waals surface area contributed by atoms with E-state index in [-0.39, 0.29) is 17.6 Å². The van der Waals surface area contributed by atoms with E-state index in [4.69, 9.17) is 36.2 Å². The van der Waals surface area contributed by atoms with E-state index in [1.54, 1.807) is 19.2 Å². The van der Waals surface area contributed by atoms with Crippen molar-refractivity contribution in [2.24, 2.45) is 12.8 Å². The first-order valence-corrected chi connectivity index (χ1v) is 13.2. The summed E-state index contributed by atoms with van der Waals surface area (Å²) in [5.41, 5.74) is 9.16. The predicted molar refractivity (Wildman–Crippen MR) is 146 cm³/mol. The van der Waals surface area contributed by atoms with Crippen LogP contribution in [0.3, 0.4) is 0 Å². The summed E-state index contributed by atoms with van der Waals surface area (Å²) in [4.78, 5) is 32.7. The molecule has 1 atom stereocenters. The van der Waals surface area contributed by atoms with Crippen LogP contribution in [0.4, 0.5) is 5.69 Å². The Morgan fingerprint density at radius 1 is 1.18 bits per heavy atom. The highest BCUT2D eigenvalue weighted by atomic mass is 35.5. The van der Waals surface area contributed by atoms with Gasteiger partial charge in [0, 0.05) is 43.9 Å². The summed E-state index contributed by atoms with van der Waals surface area (Å²) in [6.45, 7) is 4.36. The van der Waals surface area contributed by atoms with E-state index in [2.05, 4.69) is 4.90 Å². The average Bonchev–Trinajstić information content (AvgIpc) is 3.56. The van der Waals surface area contributed by atoms with Crippen LogP contribution in [0.2, 0.25) is 5.02 Å². The Morgan fingerprint density at radius 2 is 1.97 bits per heavy atom. The Kier molecular flexibility index (Phi) is 6.28. The van der Waals surface area contributed by atoms with Crippen molar-refractivity contribution < 1.29 is 18.7 Å². The molecule has 2 aromatic heterocycles. The number of benzene rings is 2. The second-order valence-corrected chi connectivity index (χ2v) is 10.5. The fourth-order valence-corrected chi connectivity index (χ4v) is 5.74. The van der Waals surface area contributed by atoms with Gasteiger partial charge in [-0.15, -0.1) is 0 Å². The zero-order chi connectivity index (χ0) is 26.6. The zero-order valence-electron chi connectivity index (χ0n) is 21.3. The molecule has 0 bridgehead atoms. The summed E-state index contributed by atoms with van der Waals surface area (Å²) in [5, 5.41) is 1.08. The summed E-state index contributed by atoms with van der Waals surface area (Å²) in [6, 6.07) is 9.50. The van der Waals surface area contributed by atoms with Crippen molar-refractivity contribution >= 4 is 45.2 Å². The van der Waals surface area contributed by atoms with Crippen molar-refractivity contribution in [3.8, 4) is 5.75 Å². The normalized spacial score (nSPS) is 18.5. The lowest BCUT2D eigenvalue weighted by atomic mass is 9.95. The van der Waals surface area contributed by atoms with Crippen LogP contribution < -0.4 is 20.9 Å². The largest absolute Gasteiger partial charge is 0.486 e. The van der Waals surface area contributed by atoms with Gasteiger partial charge >= 0.3 is 0 Å². The molecule has 2 aromatic carbocycles. The molecule has 2 saturated heterocycles. The lowest BCUT2D eigenvalue weighted by Crippen LogP contribution is -2.38. The number of primary amides is 1. The molecule has 0 radical (unpaired) electrons. The minimum absolute atomic E-state index is 0.0373. The van der Waals surface area contributed by atoms with Crippen LogP contribution in [0.1, 0.15) is 47.0 Å². The molecule has 0 saturated carbocycles. The summed E-state index contributed by atoms with van der Waals surface area (Å²) in [6.07, 6.45) is 2.17. The minimum Gasteiger partial charge on any atom is -0.486 e. The second kappa shape index (κ2) is 9.63. The van der Waals surface area contributed by atoms with Gasteiger partial charge in [0.15, 0.2) is 11.5 Å². The van der Waals surface area contributed by atoms with Gasteiger partial charge in [0.2, 0.25) is 0 Å². The number of rotatable bonds is 5. The quantitative estimate of drug-likeness (QED) is 0.405. The fraction of sp³-hybridized carbons (Fsp3) is 0.393. The number of hydrogen-bond donors (Lipinski definition) is 1. The maximum atomic E-state index is 13.4. The van der Waals surface area contributed by atoms with E-state index in [9.17, 15) is 9.59 Å². The molecule has 10 heteroatoms. The molecule has 198 valence electrons. The van der Waals surface area contributed by atoms with Crippen molar-refractivity contribution in [2.45, 2.75) is 38.2 Å². The Balaban J connectivity index is 1.36. The van der Waals surface area contributed by atoms with Crippen LogP contribution in [0.25, 0.3) is 22.0 Å². The average molecular weight is 537 g/mol. The second-order valence-electron chi connectivity index (χ2n) is 10.1. The van der Waals surface area contributed by atoms with Crippen molar-refractivity contribution in [3.05, 3.63) is 62.7 Å². The number of carbonyl (C=O) groups excluding carboxylic acids is 1. The Morgan fingerprint density at radius 3 is 2.68 bits per heavy atom. The summed E-state index contributed by atoms with van der Waals surface area (Å²) in [5.74, 6) is 0.562. The SMILES string of the molecule is Cc1ccc2oc(C3CCN(c4c(C(N)=O)c(=O)n(C)c5cc(O[C@@H]6CCOC6)c(Cl)cc45)CC3)nc2c1.